The van der Waals surface area contributed by atoms with Crippen LogP contribution in [0.1, 0.15) is 37.8 Å². The van der Waals surface area contributed by atoms with Crippen molar-refractivity contribution < 1.29 is 23.8 Å². The van der Waals surface area contributed by atoms with Gasteiger partial charge in [0, 0.05) is 6.04 Å². The molecule has 2 aliphatic rings. The number of benzene rings is 2. The molecule has 2 aromatic carbocycles. The Labute approximate surface area is 199 Å². The first-order valence-corrected chi connectivity index (χ1v) is 11.7. The molecular weight excluding hydrogens is 437 g/mol. The summed E-state index contributed by atoms with van der Waals surface area (Å²) in [7, 11) is 1.54. The molecule has 2 fully saturated rings. The van der Waals surface area contributed by atoms with Gasteiger partial charge in [-0.3, -0.25) is 9.69 Å². The number of hydrogen-bond acceptors (Lipinski definition) is 5. The Bertz CT molecular complexity index is 1050. The number of phenolic OH excluding ortho intramolecular Hbond substituents is 1. The molecule has 7 nitrogen and oxygen atoms in total. The normalized spacial score (nSPS) is 22.6. The van der Waals surface area contributed by atoms with Crippen LogP contribution in [0.15, 0.2) is 42.5 Å². The molecule has 0 bridgehead atoms. The van der Waals surface area contributed by atoms with Gasteiger partial charge in [0.1, 0.15) is 11.4 Å². The van der Waals surface area contributed by atoms with Crippen molar-refractivity contribution in [1.29, 1.82) is 0 Å². The molecule has 34 heavy (non-hydrogen) atoms. The molecule has 2 N–H and O–H groups in total. The number of nitrogens with zero attached hydrogens (tertiary/aromatic N) is 2. The Hall–Kier alpha value is -3.13. The van der Waals surface area contributed by atoms with Gasteiger partial charge < -0.3 is 20.1 Å². The number of ether oxygens (including phenoxy) is 1. The van der Waals surface area contributed by atoms with Gasteiger partial charge in [-0.25, -0.2) is 9.18 Å². The Morgan fingerprint density at radius 2 is 1.79 bits per heavy atom. The first-order chi connectivity index (χ1) is 16.2. The lowest BCUT2D eigenvalue weighted by molar-refractivity contribution is -0.133. The van der Waals surface area contributed by atoms with Gasteiger partial charge >= 0.3 is 6.03 Å². The Morgan fingerprint density at radius 3 is 2.44 bits per heavy atom. The fraction of sp³-hybridized carbons (Fsp3) is 0.462. The maximum Gasteiger partial charge on any atom is 0.325 e. The fourth-order valence-electron chi connectivity index (χ4n) is 5.15. The van der Waals surface area contributed by atoms with Gasteiger partial charge in [-0.1, -0.05) is 18.2 Å². The molecule has 0 aromatic heterocycles. The number of phenols is 1. The Morgan fingerprint density at radius 1 is 1.15 bits per heavy atom. The molecule has 2 aromatic rings. The van der Waals surface area contributed by atoms with Crippen molar-refractivity contribution in [3.63, 3.8) is 0 Å². The highest BCUT2D eigenvalue weighted by atomic mass is 19.1. The van der Waals surface area contributed by atoms with Crippen LogP contribution < -0.4 is 10.1 Å². The van der Waals surface area contributed by atoms with Crippen LogP contribution in [0.5, 0.6) is 11.5 Å². The molecule has 0 aliphatic carbocycles. The van der Waals surface area contributed by atoms with E-state index >= 15 is 0 Å². The number of amides is 3. The van der Waals surface area contributed by atoms with E-state index in [1.807, 2.05) is 19.1 Å². The number of urea groups is 1. The van der Waals surface area contributed by atoms with Gasteiger partial charge in [0.2, 0.25) is 0 Å². The maximum atomic E-state index is 13.3. The second kappa shape index (κ2) is 9.62. The van der Waals surface area contributed by atoms with Gasteiger partial charge in [0.15, 0.2) is 11.5 Å². The van der Waals surface area contributed by atoms with Gasteiger partial charge in [-0.15, -0.1) is 0 Å². The Balaban J connectivity index is 1.36. The molecule has 2 atom stereocenters. The van der Waals surface area contributed by atoms with Crippen LogP contribution in [0.25, 0.3) is 0 Å². The van der Waals surface area contributed by atoms with E-state index in [1.165, 1.54) is 24.1 Å². The number of likely N-dealkylation sites (tertiary alicyclic amines) is 1. The number of aromatic hydroxyl groups is 1. The van der Waals surface area contributed by atoms with E-state index in [0.29, 0.717) is 11.3 Å². The van der Waals surface area contributed by atoms with Gasteiger partial charge in [0.25, 0.3) is 5.91 Å². The number of carbonyl (C=O) groups is 2. The van der Waals surface area contributed by atoms with Crippen molar-refractivity contribution in [1.82, 2.24) is 15.1 Å². The van der Waals surface area contributed by atoms with E-state index in [4.69, 9.17) is 4.74 Å². The van der Waals surface area contributed by atoms with Gasteiger partial charge in [-0.05, 0) is 87.5 Å². The quantitative estimate of drug-likeness (QED) is 0.605. The number of halogens is 1. The number of piperidine rings is 1. The van der Waals surface area contributed by atoms with Crippen LogP contribution in [0, 0.1) is 11.7 Å². The van der Waals surface area contributed by atoms with Gasteiger partial charge in [-0.2, -0.15) is 0 Å². The van der Waals surface area contributed by atoms with Crippen molar-refractivity contribution >= 4 is 11.9 Å². The summed E-state index contributed by atoms with van der Waals surface area (Å²) in [6.45, 7) is 5.79. The number of nitrogens with one attached hydrogen (secondary N) is 1. The van der Waals surface area contributed by atoms with Crippen LogP contribution in [-0.2, 0) is 17.8 Å². The second-order valence-corrected chi connectivity index (χ2v) is 9.52. The Kier molecular flexibility index (Phi) is 6.79. The van der Waals surface area contributed by atoms with E-state index in [2.05, 4.69) is 17.1 Å². The molecule has 2 heterocycles. The summed E-state index contributed by atoms with van der Waals surface area (Å²) in [5.74, 6) is 0.0712. The van der Waals surface area contributed by atoms with Crippen LogP contribution in [0.4, 0.5) is 9.18 Å². The molecule has 182 valence electrons. The van der Waals surface area contributed by atoms with Crippen LogP contribution in [0.2, 0.25) is 0 Å². The lowest BCUT2D eigenvalue weighted by Gasteiger charge is -2.41. The highest BCUT2D eigenvalue weighted by Gasteiger charge is 2.52. The van der Waals surface area contributed by atoms with Crippen LogP contribution in [0.3, 0.4) is 0 Å². The third-order valence-corrected chi connectivity index (χ3v) is 7.30. The van der Waals surface area contributed by atoms with Crippen LogP contribution in [-0.4, -0.2) is 58.6 Å². The molecule has 2 aliphatic heterocycles. The van der Waals surface area contributed by atoms with E-state index in [1.54, 1.807) is 18.2 Å². The number of imide groups is 1. The van der Waals surface area contributed by atoms with E-state index in [9.17, 15) is 19.1 Å². The van der Waals surface area contributed by atoms with Crippen molar-refractivity contribution in [2.75, 3.05) is 20.2 Å². The smallest absolute Gasteiger partial charge is 0.325 e. The zero-order valence-electron chi connectivity index (χ0n) is 19.9. The molecule has 0 saturated carbocycles. The summed E-state index contributed by atoms with van der Waals surface area (Å²) in [4.78, 5) is 29.6. The average molecular weight is 470 g/mol. The predicted octanol–water partition coefficient (Wildman–Crippen LogP) is 3.69. The monoisotopic (exact) mass is 469 g/mol. The number of methoxy groups -OCH3 is 1. The SMILES string of the molecule is COc1cc(C[C@@H](C)N2CCC([C@@]3(C)NC(=O)N(Cc4ccc(F)cc4)C3=O)CC2)ccc1O. The lowest BCUT2D eigenvalue weighted by atomic mass is 9.78. The summed E-state index contributed by atoms with van der Waals surface area (Å²) < 4.78 is 18.4. The average Bonchev–Trinajstić information content (AvgIpc) is 3.05. The fourth-order valence-corrected chi connectivity index (χ4v) is 5.15. The zero-order chi connectivity index (χ0) is 24.5. The van der Waals surface area contributed by atoms with Crippen molar-refractivity contribution in [2.45, 2.75) is 51.2 Å². The molecule has 0 radical (unpaired) electrons. The van der Waals surface area contributed by atoms with Gasteiger partial charge in [0.05, 0.1) is 13.7 Å². The van der Waals surface area contributed by atoms with Crippen LogP contribution >= 0.6 is 0 Å². The summed E-state index contributed by atoms with van der Waals surface area (Å²) in [6, 6.07) is 11.2. The summed E-state index contributed by atoms with van der Waals surface area (Å²) in [5.41, 5.74) is 0.867. The van der Waals surface area contributed by atoms with E-state index < -0.39 is 11.6 Å². The highest BCUT2D eigenvalue weighted by Crippen LogP contribution is 2.35. The summed E-state index contributed by atoms with van der Waals surface area (Å²) in [6.07, 6.45) is 2.42. The number of carbonyl (C=O) groups excluding carboxylic acids is 2. The molecular formula is C26H32FN3O4. The van der Waals surface area contributed by atoms with Crippen molar-refractivity contribution in [2.24, 2.45) is 5.92 Å². The topological polar surface area (TPSA) is 82.1 Å². The molecule has 2 saturated heterocycles. The third kappa shape index (κ3) is 4.73. The maximum absolute atomic E-state index is 13.3. The molecule has 4 rings (SSSR count). The minimum atomic E-state index is -0.934. The molecule has 8 heteroatoms. The van der Waals surface area contributed by atoms with E-state index in [0.717, 1.165) is 37.9 Å². The van der Waals surface area contributed by atoms with Crippen molar-refractivity contribution in [3.05, 3.63) is 59.4 Å². The second-order valence-electron chi connectivity index (χ2n) is 9.52. The highest BCUT2D eigenvalue weighted by molar-refractivity contribution is 6.06. The largest absolute Gasteiger partial charge is 0.504 e. The minimum absolute atomic E-state index is 0.0411. The summed E-state index contributed by atoms with van der Waals surface area (Å²) >= 11 is 0. The standard InChI is InChI=1S/C26H32FN3O4/c1-17(14-19-6-9-22(31)23(15-19)34-3)29-12-10-20(11-13-29)26(2)24(32)30(25(33)28-26)16-18-4-7-21(27)8-5-18/h4-9,15,17,20,31H,10-14,16H2,1-3H3,(H,28,33)/t17-,26-/m1/s1. The first kappa shape index (κ1) is 24.0. The number of rotatable bonds is 7. The molecule has 0 unspecified atom stereocenters. The number of hydrogen-bond donors (Lipinski definition) is 2. The molecule has 3 amide bonds. The molecule has 0 spiro atoms. The van der Waals surface area contributed by atoms with Crippen molar-refractivity contribution in [3.8, 4) is 11.5 Å². The first-order valence-electron chi connectivity index (χ1n) is 11.7. The predicted molar refractivity (Wildman–Crippen MR) is 126 cm³/mol. The lowest BCUT2D eigenvalue weighted by Crippen LogP contribution is -2.54. The minimum Gasteiger partial charge on any atom is -0.504 e. The summed E-state index contributed by atoms with van der Waals surface area (Å²) in [5, 5.41) is 12.8. The third-order valence-electron chi connectivity index (χ3n) is 7.30. The van der Waals surface area contributed by atoms with E-state index in [-0.39, 0.29) is 36.0 Å². The zero-order valence-corrected chi connectivity index (χ0v) is 19.9.